The Morgan fingerprint density at radius 2 is 2.41 bits per heavy atom. The third kappa shape index (κ3) is 2.39. The Kier molecular flexibility index (Phi) is 3.28. The second-order valence-corrected chi connectivity index (χ2v) is 4.36. The van der Waals surface area contributed by atoms with E-state index >= 15 is 0 Å². The fourth-order valence-corrected chi connectivity index (χ4v) is 1.97. The summed E-state index contributed by atoms with van der Waals surface area (Å²) in [5.74, 6) is 0.0593. The lowest BCUT2D eigenvalue weighted by molar-refractivity contribution is -0.0679. The molecule has 0 unspecified atom stereocenters. The zero-order valence-corrected chi connectivity index (χ0v) is 9.90. The minimum Gasteiger partial charge on any atom is -0.383 e. The van der Waals surface area contributed by atoms with E-state index in [9.17, 15) is 4.79 Å². The van der Waals surface area contributed by atoms with Crippen molar-refractivity contribution in [2.75, 3.05) is 19.4 Å². The average molecular weight is 235 g/mol. The molecule has 2 rings (SSSR count). The van der Waals surface area contributed by atoms with Gasteiger partial charge < -0.3 is 15.8 Å². The number of carbonyl (C=O) groups excluding carboxylic acids is 1. The van der Waals surface area contributed by atoms with Gasteiger partial charge in [-0.1, -0.05) is 0 Å². The van der Waals surface area contributed by atoms with E-state index < -0.39 is 0 Å². The Hall–Kier alpha value is -1.62. The number of pyridine rings is 1. The smallest absolute Gasteiger partial charge is 0.255 e. The molecule has 92 valence electrons. The first-order valence-corrected chi connectivity index (χ1v) is 5.71. The predicted octanol–water partition coefficient (Wildman–Crippen LogP) is 0.963. The van der Waals surface area contributed by atoms with Crippen molar-refractivity contribution in [3.8, 4) is 0 Å². The summed E-state index contributed by atoms with van der Waals surface area (Å²) >= 11 is 0. The summed E-state index contributed by atoms with van der Waals surface area (Å²) in [6.45, 7) is 0.524. The van der Waals surface area contributed by atoms with E-state index in [0.717, 1.165) is 19.3 Å². The van der Waals surface area contributed by atoms with Crippen molar-refractivity contribution in [3.05, 3.63) is 23.9 Å². The highest BCUT2D eigenvalue weighted by molar-refractivity contribution is 5.98. The highest BCUT2D eigenvalue weighted by Crippen LogP contribution is 2.34. The third-order valence-electron chi connectivity index (χ3n) is 3.35. The van der Waals surface area contributed by atoms with Crippen LogP contribution < -0.4 is 11.1 Å². The van der Waals surface area contributed by atoms with Crippen molar-refractivity contribution in [1.82, 2.24) is 10.3 Å². The number of nitrogen functional groups attached to an aromatic ring is 1. The summed E-state index contributed by atoms with van der Waals surface area (Å²) in [6, 6.07) is 3.36. The molecule has 1 aliphatic rings. The number of carbonyl (C=O) groups is 1. The fourth-order valence-electron chi connectivity index (χ4n) is 1.97. The van der Waals surface area contributed by atoms with Crippen LogP contribution in [-0.4, -0.2) is 30.1 Å². The molecule has 5 heteroatoms. The van der Waals surface area contributed by atoms with E-state index in [0.29, 0.717) is 12.1 Å². The van der Waals surface area contributed by atoms with E-state index in [1.54, 1.807) is 25.4 Å². The van der Waals surface area contributed by atoms with Crippen LogP contribution in [0.15, 0.2) is 18.3 Å². The average Bonchev–Trinajstić information content (AvgIpc) is 2.28. The Balaban J connectivity index is 1.96. The number of nitrogens with zero attached hydrogens (tertiary/aromatic N) is 1. The van der Waals surface area contributed by atoms with Crippen LogP contribution in [0.25, 0.3) is 0 Å². The molecule has 0 saturated heterocycles. The SMILES string of the molecule is COC1(CNC(=O)c2cccnc2N)CCC1. The van der Waals surface area contributed by atoms with E-state index in [2.05, 4.69) is 10.3 Å². The van der Waals surface area contributed by atoms with Crippen LogP contribution in [0.5, 0.6) is 0 Å². The van der Waals surface area contributed by atoms with Crippen molar-refractivity contribution < 1.29 is 9.53 Å². The molecule has 0 atom stereocenters. The molecule has 1 aromatic heterocycles. The summed E-state index contributed by atoms with van der Waals surface area (Å²) < 4.78 is 5.43. The first-order chi connectivity index (χ1) is 8.17. The highest BCUT2D eigenvalue weighted by atomic mass is 16.5. The maximum Gasteiger partial charge on any atom is 0.255 e. The monoisotopic (exact) mass is 235 g/mol. The van der Waals surface area contributed by atoms with Crippen LogP contribution in [0.1, 0.15) is 29.6 Å². The number of aromatic nitrogens is 1. The normalized spacial score (nSPS) is 17.2. The summed E-state index contributed by atoms with van der Waals surface area (Å²) in [5.41, 5.74) is 5.88. The number of rotatable bonds is 4. The van der Waals surface area contributed by atoms with Gasteiger partial charge in [0, 0.05) is 19.9 Å². The number of hydrogen-bond donors (Lipinski definition) is 2. The summed E-state index contributed by atoms with van der Waals surface area (Å²) in [7, 11) is 1.68. The van der Waals surface area contributed by atoms with Gasteiger partial charge in [0.2, 0.25) is 0 Å². The van der Waals surface area contributed by atoms with Gasteiger partial charge in [0.1, 0.15) is 5.82 Å². The van der Waals surface area contributed by atoms with Crippen molar-refractivity contribution in [2.45, 2.75) is 24.9 Å². The van der Waals surface area contributed by atoms with Gasteiger partial charge in [-0.25, -0.2) is 4.98 Å². The number of amides is 1. The quantitative estimate of drug-likeness (QED) is 0.815. The highest BCUT2D eigenvalue weighted by Gasteiger charge is 2.37. The predicted molar refractivity (Wildman–Crippen MR) is 64.6 cm³/mol. The second-order valence-electron chi connectivity index (χ2n) is 4.36. The number of hydrogen-bond acceptors (Lipinski definition) is 4. The Morgan fingerprint density at radius 3 is 2.94 bits per heavy atom. The lowest BCUT2D eigenvalue weighted by atomic mass is 9.80. The first-order valence-electron chi connectivity index (χ1n) is 5.71. The molecule has 1 fully saturated rings. The van der Waals surface area contributed by atoms with E-state index in [4.69, 9.17) is 10.5 Å². The Morgan fingerprint density at radius 1 is 1.65 bits per heavy atom. The first kappa shape index (κ1) is 11.9. The summed E-state index contributed by atoms with van der Waals surface area (Å²) in [6.07, 6.45) is 4.70. The number of nitrogens with two attached hydrogens (primary N) is 1. The molecular formula is C12H17N3O2. The zero-order chi connectivity index (χ0) is 12.3. The van der Waals surface area contributed by atoms with Crippen LogP contribution in [-0.2, 0) is 4.74 Å². The lowest BCUT2D eigenvalue weighted by Gasteiger charge is -2.40. The van der Waals surface area contributed by atoms with Crippen molar-refractivity contribution in [3.63, 3.8) is 0 Å². The minimum atomic E-state index is -0.195. The molecule has 5 nitrogen and oxygen atoms in total. The van der Waals surface area contributed by atoms with Crippen LogP contribution in [0.2, 0.25) is 0 Å². The van der Waals surface area contributed by atoms with Crippen LogP contribution in [0.4, 0.5) is 5.82 Å². The van der Waals surface area contributed by atoms with E-state index in [-0.39, 0.29) is 17.3 Å². The molecule has 0 spiro atoms. The molecule has 0 radical (unpaired) electrons. The number of methoxy groups -OCH3 is 1. The van der Waals surface area contributed by atoms with Gasteiger partial charge >= 0.3 is 0 Å². The van der Waals surface area contributed by atoms with Gasteiger partial charge in [0.25, 0.3) is 5.91 Å². The Bertz CT molecular complexity index is 410. The van der Waals surface area contributed by atoms with E-state index in [1.165, 1.54) is 0 Å². The molecule has 0 aromatic carbocycles. The number of nitrogens with one attached hydrogen (secondary N) is 1. The van der Waals surface area contributed by atoms with Crippen LogP contribution in [0, 0.1) is 0 Å². The summed E-state index contributed by atoms with van der Waals surface area (Å²) in [5, 5.41) is 2.85. The fraction of sp³-hybridized carbons (Fsp3) is 0.500. The number of ether oxygens (including phenoxy) is 1. The van der Waals surface area contributed by atoms with Gasteiger partial charge in [-0.2, -0.15) is 0 Å². The molecule has 0 bridgehead atoms. The van der Waals surface area contributed by atoms with Crippen LogP contribution >= 0.6 is 0 Å². The molecule has 1 aliphatic carbocycles. The van der Waals surface area contributed by atoms with Crippen LogP contribution in [0.3, 0.4) is 0 Å². The van der Waals surface area contributed by atoms with Crippen molar-refractivity contribution in [2.24, 2.45) is 0 Å². The van der Waals surface area contributed by atoms with Gasteiger partial charge in [-0.15, -0.1) is 0 Å². The number of anilines is 1. The zero-order valence-electron chi connectivity index (χ0n) is 9.90. The molecule has 1 saturated carbocycles. The lowest BCUT2D eigenvalue weighted by Crippen LogP contribution is -2.49. The molecule has 1 amide bonds. The standard InChI is InChI=1S/C12H17N3O2/c1-17-12(5-3-6-12)8-15-11(16)9-4-2-7-14-10(9)13/h2,4,7H,3,5-6,8H2,1H3,(H2,13,14)(H,15,16). The topological polar surface area (TPSA) is 77.2 Å². The molecule has 1 aromatic rings. The second kappa shape index (κ2) is 4.71. The van der Waals surface area contributed by atoms with Crippen molar-refractivity contribution in [1.29, 1.82) is 0 Å². The maximum atomic E-state index is 11.9. The van der Waals surface area contributed by atoms with Gasteiger partial charge in [-0.05, 0) is 31.4 Å². The van der Waals surface area contributed by atoms with E-state index in [1.807, 2.05) is 0 Å². The Labute approximate surface area is 100 Å². The largest absolute Gasteiger partial charge is 0.383 e. The molecule has 3 N–H and O–H groups in total. The summed E-state index contributed by atoms with van der Waals surface area (Å²) in [4.78, 5) is 15.8. The minimum absolute atomic E-state index is 0.174. The molecule has 17 heavy (non-hydrogen) atoms. The third-order valence-corrected chi connectivity index (χ3v) is 3.35. The molecular weight excluding hydrogens is 218 g/mol. The maximum absolute atomic E-state index is 11.9. The molecule has 1 heterocycles. The molecule has 0 aliphatic heterocycles. The van der Waals surface area contributed by atoms with Gasteiger partial charge in [0.05, 0.1) is 11.2 Å². The van der Waals surface area contributed by atoms with Gasteiger partial charge in [0.15, 0.2) is 0 Å². The van der Waals surface area contributed by atoms with Crippen molar-refractivity contribution >= 4 is 11.7 Å². The van der Waals surface area contributed by atoms with Gasteiger partial charge in [-0.3, -0.25) is 4.79 Å².